The van der Waals surface area contributed by atoms with Gasteiger partial charge in [-0.3, -0.25) is 4.79 Å². The van der Waals surface area contributed by atoms with Gasteiger partial charge in [0.15, 0.2) is 0 Å². The molecule has 2 unspecified atom stereocenters. The first-order chi connectivity index (χ1) is 7.08. The molecule has 1 saturated carbocycles. The van der Waals surface area contributed by atoms with Crippen LogP contribution in [-0.2, 0) is 9.53 Å². The minimum atomic E-state index is 0.0169. The molecule has 1 rings (SSSR count). The fourth-order valence-corrected chi connectivity index (χ4v) is 2.06. The average molecular weight is 213 g/mol. The molecule has 1 amide bonds. The molecule has 1 N–H and O–H groups in total. The van der Waals surface area contributed by atoms with E-state index >= 15 is 0 Å². The Labute approximate surface area is 92.6 Å². The Balaban J connectivity index is 2.06. The van der Waals surface area contributed by atoms with Gasteiger partial charge in [0.05, 0.1) is 6.10 Å². The van der Waals surface area contributed by atoms with Gasteiger partial charge in [-0.2, -0.15) is 0 Å². The van der Waals surface area contributed by atoms with Crippen molar-refractivity contribution < 1.29 is 9.53 Å². The Morgan fingerprint density at radius 2 is 2.20 bits per heavy atom. The summed E-state index contributed by atoms with van der Waals surface area (Å²) in [6, 6.07) is 0. The van der Waals surface area contributed by atoms with Gasteiger partial charge in [-0.1, -0.05) is 13.3 Å². The van der Waals surface area contributed by atoms with Gasteiger partial charge >= 0.3 is 0 Å². The monoisotopic (exact) mass is 213 g/mol. The Hall–Kier alpha value is -0.570. The molecular weight excluding hydrogens is 190 g/mol. The molecule has 0 spiro atoms. The zero-order valence-corrected chi connectivity index (χ0v) is 10.1. The second kappa shape index (κ2) is 6.11. The van der Waals surface area contributed by atoms with Crippen LogP contribution in [0.2, 0.25) is 0 Å². The second-order valence-corrected chi connectivity index (χ2v) is 4.95. The first-order valence-corrected chi connectivity index (χ1v) is 5.96. The zero-order chi connectivity index (χ0) is 11.3. The van der Waals surface area contributed by atoms with E-state index in [1.54, 1.807) is 0 Å². The molecule has 0 aromatic rings. The Morgan fingerprint density at radius 3 is 2.73 bits per heavy atom. The predicted molar refractivity (Wildman–Crippen MR) is 60.6 cm³/mol. The normalized spacial score (nSPS) is 25.9. The smallest absolute Gasteiger partial charge is 0.246 e. The van der Waals surface area contributed by atoms with Gasteiger partial charge in [-0.05, 0) is 38.5 Å². The topological polar surface area (TPSA) is 38.3 Å². The molecule has 0 bridgehead atoms. The van der Waals surface area contributed by atoms with Crippen molar-refractivity contribution in [1.29, 1.82) is 0 Å². The highest BCUT2D eigenvalue weighted by molar-refractivity contribution is 5.77. The van der Waals surface area contributed by atoms with Crippen LogP contribution in [0.4, 0.5) is 0 Å². The van der Waals surface area contributed by atoms with Crippen molar-refractivity contribution in [2.45, 2.75) is 46.1 Å². The molecule has 2 atom stereocenters. The molecule has 0 aromatic carbocycles. The number of amides is 1. The minimum absolute atomic E-state index is 0.0169. The molecule has 0 aromatic heterocycles. The van der Waals surface area contributed by atoms with Crippen LogP contribution in [0.5, 0.6) is 0 Å². The van der Waals surface area contributed by atoms with E-state index in [0.717, 1.165) is 12.5 Å². The molecule has 15 heavy (non-hydrogen) atoms. The SMILES string of the molecule is CC1CCC(CNC(=O)COC(C)C)C1. The standard InChI is InChI=1S/C12H23NO2/c1-9(2)15-8-12(14)13-7-11-5-4-10(3)6-11/h9-11H,4-8H2,1-3H3,(H,13,14). The number of ether oxygens (including phenoxy) is 1. The Kier molecular flexibility index (Phi) is 5.09. The molecule has 88 valence electrons. The molecule has 0 aliphatic heterocycles. The van der Waals surface area contributed by atoms with E-state index in [4.69, 9.17) is 4.74 Å². The number of carbonyl (C=O) groups excluding carboxylic acids is 1. The van der Waals surface area contributed by atoms with Gasteiger partial charge in [-0.25, -0.2) is 0 Å². The lowest BCUT2D eigenvalue weighted by atomic mass is 10.1. The summed E-state index contributed by atoms with van der Waals surface area (Å²) in [4.78, 5) is 11.3. The summed E-state index contributed by atoms with van der Waals surface area (Å²) in [5, 5.41) is 2.94. The lowest BCUT2D eigenvalue weighted by Gasteiger charge is -2.12. The van der Waals surface area contributed by atoms with Crippen molar-refractivity contribution in [2.75, 3.05) is 13.2 Å². The van der Waals surface area contributed by atoms with Gasteiger partial charge < -0.3 is 10.1 Å². The minimum Gasteiger partial charge on any atom is -0.369 e. The summed E-state index contributed by atoms with van der Waals surface area (Å²) >= 11 is 0. The van der Waals surface area contributed by atoms with Crippen LogP contribution in [0.25, 0.3) is 0 Å². The highest BCUT2D eigenvalue weighted by Gasteiger charge is 2.21. The zero-order valence-electron chi connectivity index (χ0n) is 10.1. The van der Waals surface area contributed by atoms with E-state index in [2.05, 4.69) is 12.2 Å². The number of carbonyl (C=O) groups is 1. The number of nitrogens with one attached hydrogen (secondary N) is 1. The van der Waals surface area contributed by atoms with Crippen molar-refractivity contribution in [3.05, 3.63) is 0 Å². The van der Waals surface area contributed by atoms with Crippen LogP contribution in [0.3, 0.4) is 0 Å². The molecule has 3 nitrogen and oxygen atoms in total. The van der Waals surface area contributed by atoms with E-state index in [1.165, 1.54) is 19.3 Å². The predicted octanol–water partition coefficient (Wildman–Crippen LogP) is 1.96. The first-order valence-electron chi connectivity index (χ1n) is 5.96. The van der Waals surface area contributed by atoms with Crippen LogP contribution in [0.15, 0.2) is 0 Å². The van der Waals surface area contributed by atoms with Gasteiger partial charge in [0.2, 0.25) is 5.91 Å². The molecule has 1 aliphatic carbocycles. The van der Waals surface area contributed by atoms with E-state index in [1.807, 2.05) is 13.8 Å². The highest BCUT2D eigenvalue weighted by Crippen LogP contribution is 2.29. The third-order valence-electron chi connectivity index (χ3n) is 2.94. The maximum Gasteiger partial charge on any atom is 0.246 e. The Bertz CT molecular complexity index is 204. The van der Waals surface area contributed by atoms with Crippen molar-refractivity contribution >= 4 is 5.91 Å². The van der Waals surface area contributed by atoms with Crippen molar-refractivity contribution in [3.8, 4) is 0 Å². The Morgan fingerprint density at radius 1 is 1.47 bits per heavy atom. The molecule has 1 fully saturated rings. The molecule has 0 heterocycles. The molecule has 1 aliphatic rings. The van der Waals surface area contributed by atoms with E-state index < -0.39 is 0 Å². The van der Waals surface area contributed by atoms with E-state index in [-0.39, 0.29) is 18.6 Å². The van der Waals surface area contributed by atoms with Crippen LogP contribution in [-0.4, -0.2) is 25.2 Å². The highest BCUT2D eigenvalue weighted by atomic mass is 16.5. The van der Waals surface area contributed by atoms with Gasteiger partial charge in [0, 0.05) is 6.54 Å². The van der Waals surface area contributed by atoms with Crippen LogP contribution >= 0.6 is 0 Å². The quantitative estimate of drug-likeness (QED) is 0.758. The third-order valence-corrected chi connectivity index (χ3v) is 2.94. The van der Waals surface area contributed by atoms with Crippen molar-refractivity contribution in [1.82, 2.24) is 5.32 Å². The second-order valence-electron chi connectivity index (χ2n) is 4.95. The molecule has 0 saturated heterocycles. The maximum absolute atomic E-state index is 11.3. The number of hydrogen-bond donors (Lipinski definition) is 1. The number of rotatable bonds is 5. The lowest BCUT2D eigenvalue weighted by molar-refractivity contribution is -0.127. The molecular formula is C12H23NO2. The molecule has 3 heteroatoms. The molecule has 0 radical (unpaired) electrons. The van der Waals surface area contributed by atoms with Crippen molar-refractivity contribution in [3.63, 3.8) is 0 Å². The van der Waals surface area contributed by atoms with E-state index in [9.17, 15) is 4.79 Å². The number of hydrogen-bond acceptors (Lipinski definition) is 2. The summed E-state index contributed by atoms with van der Waals surface area (Å²) in [7, 11) is 0. The van der Waals surface area contributed by atoms with Crippen LogP contribution < -0.4 is 5.32 Å². The van der Waals surface area contributed by atoms with Crippen molar-refractivity contribution in [2.24, 2.45) is 11.8 Å². The van der Waals surface area contributed by atoms with Gasteiger partial charge in [0.1, 0.15) is 6.61 Å². The maximum atomic E-state index is 11.3. The van der Waals surface area contributed by atoms with E-state index in [0.29, 0.717) is 5.92 Å². The first kappa shape index (κ1) is 12.5. The summed E-state index contributed by atoms with van der Waals surface area (Å²) in [6.45, 7) is 7.17. The van der Waals surface area contributed by atoms with Gasteiger partial charge in [-0.15, -0.1) is 0 Å². The van der Waals surface area contributed by atoms with Crippen LogP contribution in [0.1, 0.15) is 40.0 Å². The summed E-state index contributed by atoms with van der Waals surface area (Å²) < 4.78 is 5.23. The largest absolute Gasteiger partial charge is 0.369 e. The third kappa shape index (κ3) is 5.17. The fraction of sp³-hybridized carbons (Fsp3) is 0.917. The van der Waals surface area contributed by atoms with Crippen LogP contribution in [0, 0.1) is 11.8 Å². The fourth-order valence-electron chi connectivity index (χ4n) is 2.06. The summed E-state index contributed by atoms with van der Waals surface area (Å²) in [5.74, 6) is 1.53. The summed E-state index contributed by atoms with van der Waals surface area (Å²) in [6.07, 6.45) is 3.95. The average Bonchev–Trinajstić information content (AvgIpc) is 2.58. The summed E-state index contributed by atoms with van der Waals surface area (Å²) in [5.41, 5.74) is 0. The van der Waals surface area contributed by atoms with Gasteiger partial charge in [0.25, 0.3) is 0 Å². The lowest BCUT2D eigenvalue weighted by Crippen LogP contribution is -2.32.